The molecule has 0 unspecified atom stereocenters. The highest BCUT2D eigenvalue weighted by Gasteiger charge is 2.21. The highest BCUT2D eigenvalue weighted by atomic mass is 35.5. The van der Waals surface area contributed by atoms with Crippen molar-refractivity contribution in [3.63, 3.8) is 0 Å². The second-order valence-corrected chi connectivity index (χ2v) is 5.39. The molecule has 0 saturated carbocycles. The molecule has 106 valence electrons. The van der Waals surface area contributed by atoms with Crippen molar-refractivity contribution < 1.29 is 4.74 Å². The van der Waals surface area contributed by atoms with Gasteiger partial charge < -0.3 is 15.4 Å². The molecule has 0 bridgehead atoms. The monoisotopic (exact) mass is 282 g/mol. The second-order valence-electron chi connectivity index (χ2n) is 4.95. The number of ether oxygens (including phenoxy) is 1. The van der Waals surface area contributed by atoms with Crippen LogP contribution < -0.4 is 10.6 Å². The topological polar surface area (TPSA) is 38.5 Å². The summed E-state index contributed by atoms with van der Waals surface area (Å²) in [5.74, 6) is 0. The average molecular weight is 283 g/mol. The third-order valence-electron chi connectivity index (χ3n) is 3.65. The number of nitrogens with two attached hydrogens (primary N) is 1. The number of rotatable bonds is 5. The molecule has 1 saturated heterocycles. The van der Waals surface area contributed by atoms with Gasteiger partial charge in [0.15, 0.2) is 0 Å². The van der Waals surface area contributed by atoms with Crippen molar-refractivity contribution in [1.82, 2.24) is 0 Å². The Balaban J connectivity index is 2.07. The van der Waals surface area contributed by atoms with Gasteiger partial charge >= 0.3 is 0 Å². The lowest BCUT2D eigenvalue weighted by atomic mass is 10.0. The first-order valence-corrected chi connectivity index (χ1v) is 7.47. The number of hydrogen-bond acceptors (Lipinski definition) is 3. The van der Waals surface area contributed by atoms with Crippen molar-refractivity contribution >= 4 is 17.3 Å². The van der Waals surface area contributed by atoms with E-state index in [0.29, 0.717) is 12.6 Å². The van der Waals surface area contributed by atoms with Gasteiger partial charge in [0.25, 0.3) is 0 Å². The summed E-state index contributed by atoms with van der Waals surface area (Å²) in [7, 11) is 0. The first-order chi connectivity index (χ1) is 9.24. The van der Waals surface area contributed by atoms with E-state index in [9.17, 15) is 0 Å². The highest BCUT2D eigenvalue weighted by molar-refractivity contribution is 6.30. The summed E-state index contributed by atoms with van der Waals surface area (Å²) in [6.07, 6.45) is 3.49. The van der Waals surface area contributed by atoms with E-state index in [0.717, 1.165) is 44.0 Å². The van der Waals surface area contributed by atoms with Crippen LogP contribution in [0.3, 0.4) is 0 Å². The lowest BCUT2D eigenvalue weighted by molar-refractivity contribution is 0.0459. The fraction of sp³-hybridized carbons (Fsp3) is 0.600. The molecule has 0 spiro atoms. The second kappa shape index (κ2) is 7.13. The van der Waals surface area contributed by atoms with E-state index in [1.54, 1.807) is 0 Å². The Morgan fingerprint density at radius 3 is 2.74 bits per heavy atom. The van der Waals surface area contributed by atoms with Crippen molar-refractivity contribution in [3.8, 4) is 0 Å². The van der Waals surface area contributed by atoms with Crippen molar-refractivity contribution in [3.05, 3.63) is 28.8 Å². The smallest absolute Gasteiger partial charge is 0.0608 e. The summed E-state index contributed by atoms with van der Waals surface area (Å²) in [5, 5.41) is 0.794. The van der Waals surface area contributed by atoms with Crippen LogP contribution >= 0.6 is 11.6 Å². The molecule has 0 aromatic heterocycles. The first-order valence-electron chi connectivity index (χ1n) is 7.09. The molecule has 1 fully saturated rings. The third kappa shape index (κ3) is 3.85. The number of nitrogens with zero attached hydrogens (tertiary/aromatic N) is 1. The van der Waals surface area contributed by atoms with Crippen LogP contribution in [-0.4, -0.2) is 32.3 Å². The summed E-state index contributed by atoms with van der Waals surface area (Å²) >= 11 is 6.13. The Morgan fingerprint density at radius 2 is 2.11 bits per heavy atom. The van der Waals surface area contributed by atoms with Gasteiger partial charge in [-0.3, -0.25) is 0 Å². The fourth-order valence-corrected chi connectivity index (χ4v) is 2.86. The van der Waals surface area contributed by atoms with Crippen molar-refractivity contribution in [2.45, 2.75) is 32.3 Å². The molecule has 1 aromatic rings. The van der Waals surface area contributed by atoms with E-state index < -0.39 is 0 Å². The quantitative estimate of drug-likeness (QED) is 0.902. The molecule has 4 heteroatoms. The average Bonchev–Trinajstić information content (AvgIpc) is 2.42. The van der Waals surface area contributed by atoms with Gasteiger partial charge in [0.05, 0.1) is 6.10 Å². The van der Waals surface area contributed by atoms with Crippen LogP contribution in [0.4, 0.5) is 5.69 Å². The molecular weight excluding hydrogens is 260 g/mol. The Labute approximate surface area is 120 Å². The summed E-state index contributed by atoms with van der Waals surface area (Å²) in [4.78, 5) is 2.41. The normalized spacial score (nSPS) is 16.9. The summed E-state index contributed by atoms with van der Waals surface area (Å²) in [5.41, 5.74) is 8.22. The van der Waals surface area contributed by atoms with Gasteiger partial charge in [-0.1, -0.05) is 17.7 Å². The van der Waals surface area contributed by atoms with Gasteiger partial charge in [0, 0.05) is 30.4 Å². The Morgan fingerprint density at radius 1 is 1.37 bits per heavy atom. The summed E-state index contributed by atoms with van der Waals surface area (Å²) in [6.45, 7) is 5.60. The van der Waals surface area contributed by atoms with Crippen molar-refractivity contribution in [2.24, 2.45) is 5.73 Å². The lowest BCUT2D eigenvalue weighted by Gasteiger charge is -2.34. The molecular formula is C15H23ClN2O. The number of halogens is 1. The molecule has 2 rings (SSSR count). The molecule has 1 aliphatic rings. The van der Waals surface area contributed by atoms with Crippen LogP contribution in [-0.2, 0) is 11.2 Å². The minimum absolute atomic E-state index is 0.415. The molecule has 2 N–H and O–H groups in total. The van der Waals surface area contributed by atoms with Gasteiger partial charge in [-0.2, -0.15) is 0 Å². The minimum Gasteiger partial charge on any atom is -0.378 e. The van der Waals surface area contributed by atoms with E-state index in [-0.39, 0.29) is 0 Å². The molecule has 1 heterocycles. The molecule has 0 amide bonds. The van der Waals surface area contributed by atoms with E-state index in [1.165, 1.54) is 11.3 Å². The van der Waals surface area contributed by atoms with Crippen molar-refractivity contribution in [2.75, 3.05) is 31.1 Å². The fourth-order valence-electron chi connectivity index (χ4n) is 2.70. The zero-order chi connectivity index (χ0) is 13.7. The van der Waals surface area contributed by atoms with Crippen LogP contribution in [0.5, 0.6) is 0 Å². The standard InChI is InChI=1S/C15H23ClN2O/c1-2-19-14-6-9-18(10-7-14)15-11-13(16)4-3-12(15)5-8-17/h3-4,11,14H,2,5-10,17H2,1H3. The molecule has 0 aliphatic carbocycles. The molecule has 1 aliphatic heterocycles. The maximum atomic E-state index is 6.13. The third-order valence-corrected chi connectivity index (χ3v) is 3.88. The maximum Gasteiger partial charge on any atom is 0.0608 e. The molecule has 3 nitrogen and oxygen atoms in total. The van der Waals surface area contributed by atoms with E-state index in [4.69, 9.17) is 22.1 Å². The molecule has 0 radical (unpaired) electrons. The minimum atomic E-state index is 0.415. The Kier molecular flexibility index (Phi) is 5.49. The first kappa shape index (κ1) is 14.6. The zero-order valence-electron chi connectivity index (χ0n) is 11.6. The number of anilines is 1. The van der Waals surface area contributed by atoms with Gasteiger partial charge in [-0.25, -0.2) is 0 Å². The molecule has 1 aromatic carbocycles. The molecule has 19 heavy (non-hydrogen) atoms. The maximum absolute atomic E-state index is 6.13. The number of hydrogen-bond donors (Lipinski definition) is 1. The van der Waals surface area contributed by atoms with Crippen LogP contribution in [0, 0.1) is 0 Å². The van der Waals surface area contributed by atoms with Gasteiger partial charge in [-0.05, 0) is 50.4 Å². The summed E-state index contributed by atoms with van der Waals surface area (Å²) in [6, 6.07) is 6.11. The van der Waals surface area contributed by atoms with Crippen LogP contribution in [0.15, 0.2) is 18.2 Å². The van der Waals surface area contributed by atoms with Crippen molar-refractivity contribution in [1.29, 1.82) is 0 Å². The van der Waals surface area contributed by atoms with Gasteiger partial charge in [-0.15, -0.1) is 0 Å². The lowest BCUT2D eigenvalue weighted by Crippen LogP contribution is -2.37. The Hall–Kier alpha value is -0.770. The van der Waals surface area contributed by atoms with Crippen LogP contribution in [0.1, 0.15) is 25.3 Å². The Bertz CT molecular complexity index is 403. The summed E-state index contributed by atoms with van der Waals surface area (Å²) < 4.78 is 5.70. The SMILES string of the molecule is CCOC1CCN(c2cc(Cl)ccc2CCN)CC1. The van der Waals surface area contributed by atoms with Crippen LogP contribution in [0.2, 0.25) is 5.02 Å². The molecule has 0 atom stereocenters. The van der Waals surface area contributed by atoms with E-state index in [1.807, 2.05) is 6.07 Å². The van der Waals surface area contributed by atoms with Gasteiger partial charge in [0.2, 0.25) is 0 Å². The van der Waals surface area contributed by atoms with E-state index in [2.05, 4.69) is 24.0 Å². The highest BCUT2D eigenvalue weighted by Crippen LogP contribution is 2.28. The number of benzene rings is 1. The largest absolute Gasteiger partial charge is 0.378 e. The van der Waals surface area contributed by atoms with E-state index >= 15 is 0 Å². The van der Waals surface area contributed by atoms with Gasteiger partial charge in [0.1, 0.15) is 0 Å². The predicted molar refractivity (Wildman–Crippen MR) is 81.1 cm³/mol. The zero-order valence-corrected chi connectivity index (χ0v) is 12.3. The van der Waals surface area contributed by atoms with Crippen LogP contribution in [0.25, 0.3) is 0 Å². The predicted octanol–water partition coefficient (Wildman–Crippen LogP) is 2.85. The number of piperidine rings is 1.